The first-order valence-corrected chi connectivity index (χ1v) is 8.00. The van der Waals surface area contributed by atoms with E-state index < -0.39 is 0 Å². The Labute approximate surface area is 124 Å². The van der Waals surface area contributed by atoms with E-state index in [4.69, 9.17) is 4.74 Å². The number of thiophene rings is 1. The molecule has 1 unspecified atom stereocenters. The summed E-state index contributed by atoms with van der Waals surface area (Å²) in [6.07, 6.45) is 1.30. The third-order valence-corrected chi connectivity index (χ3v) is 4.54. The van der Waals surface area contributed by atoms with Crippen LogP contribution < -0.4 is 15.4 Å². The molecule has 2 heterocycles. The van der Waals surface area contributed by atoms with Crippen molar-refractivity contribution >= 4 is 17.0 Å². The van der Waals surface area contributed by atoms with Crippen molar-refractivity contribution in [2.24, 2.45) is 0 Å². The summed E-state index contributed by atoms with van der Waals surface area (Å²) in [6.45, 7) is 4.86. The first kappa shape index (κ1) is 13.5. The van der Waals surface area contributed by atoms with E-state index in [1.807, 2.05) is 29.5 Å². The highest BCUT2D eigenvalue weighted by molar-refractivity contribution is 7.10. The fraction of sp³-hybridized carbons (Fsp3) is 0.375. The fourth-order valence-corrected chi connectivity index (χ4v) is 3.40. The number of benzene rings is 1. The number of aryl methyl sites for hydroxylation is 1. The average Bonchev–Trinajstić information content (AvgIpc) is 2.95. The van der Waals surface area contributed by atoms with Crippen molar-refractivity contribution in [2.75, 3.05) is 18.4 Å². The molecule has 4 heteroatoms. The zero-order valence-corrected chi connectivity index (χ0v) is 12.5. The highest BCUT2D eigenvalue weighted by Crippen LogP contribution is 2.28. The predicted molar refractivity (Wildman–Crippen MR) is 84.8 cm³/mol. The minimum absolute atomic E-state index is 0.190. The molecule has 0 saturated carbocycles. The number of ether oxygens (including phenoxy) is 1. The minimum atomic E-state index is 0.190. The molecule has 0 saturated heterocycles. The largest absolute Gasteiger partial charge is 0.485 e. The van der Waals surface area contributed by atoms with Crippen LogP contribution in [0.25, 0.3) is 0 Å². The summed E-state index contributed by atoms with van der Waals surface area (Å²) >= 11 is 1.83. The maximum absolute atomic E-state index is 5.99. The predicted octanol–water partition coefficient (Wildman–Crippen LogP) is 3.27. The summed E-state index contributed by atoms with van der Waals surface area (Å²) in [5.41, 5.74) is 2.55. The van der Waals surface area contributed by atoms with E-state index in [1.165, 1.54) is 10.4 Å². The molecule has 2 N–H and O–H groups in total. The SMILES string of the molecule is CCc1ccsc1CNCC1CNc2ccccc2O1. The molecule has 0 spiro atoms. The molecule has 0 bridgehead atoms. The standard InChI is InChI=1S/C16H20N2OS/c1-2-12-7-8-20-16(12)11-17-9-13-10-18-14-5-3-4-6-15(14)19-13/h3-8,13,17-18H,2,9-11H2,1H3. The molecule has 1 atom stereocenters. The molecule has 0 amide bonds. The number of rotatable bonds is 5. The molecule has 1 aliphatic rings. The lowest BCUT2D eigenvalue weighted by molar-refractivity contribution is 0.202. The summed E-state index contributed by atoms with van der Waals surface area (Å²) < 4.78 is 5.99. The maximum atomic E-state index is 5.99. The van der Waals surface area contributed by atoms with Crippen LogP contribution in [0.3, 0.4) is 0 Å². The van der Waals surface area contributed by atoms with Crippen molar-refractivity contribution < 1.29 is 4.74 Å². The van der Waals surface area contributed by atoms with Crippen molar-refractivity contribution in [1.29, 1.82) is 0 Å². The molecule has 1 aliphatic heterocycles. The lowest BCUT2D eigenvalue weighted by Gasteiger charge is -2.27. The van der Waals surface area contributed by atoms with Gasteiger partial charge in [-0.3, -0.25) is 0 Å². The third kappa shape index (κ3) is 2.97. The van der Waals surface area contributed by atoms with Gasteiger partial charge in [-0.15, -0.1) is 11.3 Å². The zero-order chi connectivity index (χ0) is 13.8. The van der Waals surface area contributed by atoms with Gasteiger partial charge in [0.2, 0.25) is 0 Å². The molecular weight excluding hydrogens is 268 g/mol. The number of nitrogens with one attached hydrogen (secondary N) is 2. The molecule has 1 aromatic heterocycles. The highest BCUT2D eigenvalue weighted by Gasteiger charge is 2.18. The van der Waals surface area contributed by atoms with Gasteiger partial charge >= 0.3 is 0 Å². The minimum Gasteiger partial charge on any atom is -0.485 e. The first-order chi connectivity index (χ1) is 9.86. The second kappa shape index (κ2) is 6.29. The normalized spacial score (nSPS) is 17.1. The molecular formula is C16H20N2OS. The Kier molecular flexibility index (Phi) is 4.23. The number of hydrogen-bond donors (Lipinski definition) is 2. The van der Waals surface area contributed by atoms with E-state index in [2.05, 4.69) is 35.1 Å². The smallest absolute Gasteiger partial charge is 0.142 e. The van der Waals surface area contributed by atoms with E-state index in [9.17, 15) is 0 Å². The number of para-hydroxylation sites is 2. The van der Waals surface area contributed by atoms with Crippen LogP contribution in [0.2, 0.25) is 0 Å². The van der Waals surface area contributed by atoms with Gasteiger partial charge in [-0.25, -0.2) is 0 Å². The Morgan fingerprint density at radius 2 is 2.25 bits per heavy atom. The first-order valence-electron chi connectivity index (χ1n) is 7.12. The topological polar surface area (TPSA) is 33.3 Å². The molecule has 0 radical (unpaired) electrons. The van der Waals surface area contributed by atoms with Gasteiger partial charge in [0.25, 0.3) is 0 Å². The van der Waals surface area contributed by atoms with Crippen molar-refractivity contribution in [3.8, 4) is 5.75 Å². The Bertz CT molecular complexity index is 567. The summed E-state index contributed by atoms with van der Waals surface area (Å²) in [6, 6.07) is 10.3. The molecule has 20 heavy (non-hydrogen) atoms. The Morgan fingerprint density at radius 3 is 3.15 bits per heavy atom. The van der Waals surface area contributed by atoms with Gasteiger partial charge in [-0.1, -0.05) is 19.1 Å². The van der Waals surface area contributed by atoms with Gasteiger partial charge in [0.05, 0.1) is 12.2 Å². The Balaban J connectivity index is 1.51. The van der Waals surface area contributed by atoms with Crippen LogP contribution in [0.15, 0.2) is 35.7 Å². The van der Waals surface area contributed by atoms with Crippen molar-refractivity contribution in [2.45, 2.75) is 26.0 Å². The molecule has 3 nitrogen and oxygen atoms in total. The monoisotopic (exact) mass is 288 g/mol. The Morgan fingerprint density at radius 1 is 1.35 bits per heavy atom. The summed E-state index contributed by atoms with van der Waals surface area (Å²) in [5.74, 6) is 0.955. The van der Waals surface area contributed by atoms with Gasteiger partial charge < -0.3 is 15.4 Å². The maximum Gasteiger partial charge on any atom is 0.142 e. The lowest BCUT2D eigenvalue weighted by atomic mass is 10.2. The van der Waals surface area contributed by atoms with E-state index in [1.54, 1.807) is 0 Å². The van der Waals surface area contributed by atoms with Crippen molar-refractivity contribution in [1.82, 2.24) is 5.32 Å². The van der Waals surface area contributed by atoms with Gasteiger partial charge in [0, 0.05) is 18.0 Å². The molecule has 3 rings (SSSR count). The second-order valence-electron chi connectivity index (χ2n) is 4.97. The molecule has 0 fully saturated rings. The summed E-state index contributed by atoms with van der Waals surface area (Å²) in [4.78, 5) is 1.44. The zero-order valence-electron chi connectivity index (χ0n) is 11.7. The summed E-state index contributed by atoms with van der Waals surface area (Å²) in [5, 5.41) is 9.10. The van der Waals surface area contributed by atoms with E-state index in [-0.39, 0.29) is 6.10 Å². The van der Waals surface area contributed by atoms with Crippen LogP contribution in [-0.2, 0) is 13.0 Å². The average molecular weight is 288 g/mol. The van der Waals surface area contributed by atoms with Gasteiger partial charge in [-0.05, 0) is 35.6 Å². The van der Waals surface area contributed by atoms with E-state index in [0.717, 1.165) is 37.5 Å². The van der Waals surface area contributed by atoms with Crippen LogP contribution >= 0.6 is 11.3 Å². The van der Waals surface area contributed by atoms with E-state index in [0.29, 0.717) is 0 Å². The highest BCUT2D eigenvalue weighted by atomic mass is 32.1. The number of fused-ring (bicyclic) bond motifs is 1. The quantitative estimate of drug-likeness (QED) is 0.886. The van der Waals surface area contributed by atoms with Gasteiger partial charge in [0.15, 0.2) is 0 Å². The van der Waals surface area contributed by atoms with Crippen LogP contribution in [0, 0.1) is 0 Å². The molecule has 2 aromatic rings. The van der Waals surface area contributed by atoms with E-state index >= 15 is 0 Å². The summed E-state index contributed by atoms with van der Waals surface area (Å²) in [7, 11) is 0. The van der Waals surface area contributed by atoms with Gasteiger partial charge in [-0.2, -0.15) is 0 Å². The second-order valence-corrected chi connectivity index (χ2v) is 5.97. The molecule has 0 aliphatic carbocycles. The van der Waals surface area contributed by atoms with Crippen LogP contribution in [0.4, 0.5) is 5.69 Å². The number of hydrogen-bond acceptors (Lipinski definition) is 4. The van der Waals surface area contributed by atoms with Crippen molar-refractivity contribution in [3.05, 3.63) is 46.2 Å². The number of anilines is 1. The lowest BCUT2D eigenvalue weighted by Crippen LogP contribution is -2.39. The molecule has 106 valence electrons. The van der Waals surface area contributed by atoms with Crippen LogP contribution in [-0.4, -0.2) is 19.2 Å². The molecule has 1 aromatic carbocycles. The van der Waals surface area contributed by atoms with Crippen LogP contribution in [0.1, 0.15) is 17.4 Å². The third-order valence-electron chi connectivity index (χ3n) is 3.58. The van der Waals surface area contributed by atoms with Crippen molar-refractivity contribution in [3.63, 3.8) is 0 Å². The fourth-order valence-electron chi connectivity index (χ4n) is 2.46. The Hall–Kier alpha value is -1.52. The van der Waals surface area contributed by atoms with Crippen LogP contribution in [0.5, 0.6) is 5.75 Å². The van der Waals surface area contributed by atoms with Gasteiger partial charge in [0.1, 0.15) is 11.9 Å².